The summed E-state index contributed by atoms with van der Waals surface area (Å²) in [6.45, 7) is 11.0. The molecule has 0 heteroatoms. The zero-order valence-electron chi connectivity index (χ0n) is 10.2. The van der Waals surface area contributed by atoms with Gasteiger partial charge in [0, 0.05) is 0 Å². The lowest BCUT2D eigenvalue weighted by atomic mass is 9.75. The van der Waals surface area contributed by atoms with Crippen LogP contribution in [0.1, 0.15) is 59.3 Å². The van der Waals surface area contributed by atoms with E-state index in [1.807, 2.05) is 0 Å². The van der Waals surface area contributed by atoms with Crippen LogP contribution in [0.25, 0.3) is 0 Å². The summed E-state index contributed by atoms with van der Waals surface area (Å²) >= 11 is 0. The SMILES string of the molecule is C=C(C)CCC(C)C1CCC(C)CC1. The third-order valence-electron chi connectivity index (χ3n) is 3.89. The summed E-state index contributed by atoms with van der Waals surface area (Å²) < 4.78 is 0. The monoisotopic (exact) mass is 194 g/mol. The van der Waals surface area contributed by atoms with Crippen LogP contribution >= 0.6 is 0 Å². The Hall–Kier alpha value is -0.260. The molecule has 0 amide bonds. The van der Waals surface area contributed by atoms with Gasteiger partial charge < -0.3 is 0 Å². The lowest BCUT2D eigenvalue weighted by Crippen LogP contribution is -2.18. The Kier molecular flexibility index (Phi) is 4.71. The molecule has 1 saturated carbocycles. The quantitative estimate of drug-likeness (QED) is 0.564. The van der Waals surface area contributed by atoms with E-state index in [1.165, 1.54) is 44.1 Å². The van der Waals surface area contributed by atoms with Crippen molar-refractivity contribution >= 4 is 0 Å². The van der Waals surface area contributed by atoms with E-state index >= 15 is 0 Å². The summed E-state index contributed by atoms with van der Waals surface area (Å²) in [5, 5.41) is 0. The molecule has 0 bridgehead atoms. The van der Waals surface area contributed by atoms with Gasteiger partial charge in [-0.25, -0.2) is 0 Å². The van der Waals surface area contributed by atoms with Crippen LogP contribution in [-0.4, -0.2) is 0 Å². The van der Waals surface area contributed by atoms with E-state index in [9.17, 15) is 0 Å². The van der Waals surface area contributed by atoms with Gasteiger partial charge in [-0.15, -0.1) is 6.58 Å². The molecule has 1 fully saturated rings. The summed E-state index contributed by atoms with van der Waals surface area (Å²) in [7, 11) is 0. The van der Waals surface area contributed by atoms with Crippen LogP contribution in [0.4, 0.5) is 0 Å². The minimum absolute atomic E-state index is 0.916. The predicted octanol–water partition coefficient (Wildman–Crippen LogP) is 4.81. The molecule has 0 radical (unpaired) electrons. The molecule has 1 rings (SSSR count). The van der Waals surface area contributed by atoms with Crippen molar-refractivity contribution in [2.24, 2.45) is 17.8 Å². The van der Waals surface area contributed by atoms with Crippen LogP contribution in [-0.2, 0) is 0 Å². The largest absolute Gasteiger partial charge is 0.100 e. The molecule has 1 aliphatic carbocycles. The Morgan fingerprint density at radius 2 is 1.86 bits per heavy atom. The molecule has 0 N–H and O–H groups in total. The number of allylic oxidation sites excluding steroid dienone is 1. The van der Waals surface area contributed by atoms with E-state index in [4.69, 9.17) is 0 Å². The van der Waals surface area contributed by atoms with Crippen molar-refractivity contribution in [2.75, 3.05) is 0 Å². The van der Waals surface area contributed by atoms with Crippen molar-refractivity contribution in [3.05, 3.63) is 12.2 Å². The lowest BCUT2D eigenvalue weighted by Gasteiger charge is -2.30. The highest BCUT2D eigenvalue weighted by Crippen LogP contribution is 2.35. The third kappa shape index (κ3) is 3.86. The van der Waals surface area contributed by atoms with Crippen LogP contribution in [0.5, 0.6) is 0 Å². The number of hydrogen-bond acceptors (Lipinski definition) is 0. The Balaban J connectivity index is 2.23. The minimum Gasteiger partial charge on any atom is -0.100 e. The average Bonchev–Trinajstić information content (AvgIpc) is 2.15. The van der Waals surface area contributed by atoms with E-state index in [0.717, 1.165) is 17.8 Å². The van der Waals surface area contributed by atoms with Gasteiger partial charge in [0.05, 0.1) is 0 Å². The molecule has 1 atom stereocenters. The molecule has 0 spiro atoms. The summed E-state index contributed by atoms with van der Waals surface area (Å²) in [6, 6.07) is 0. The molecule has 1 unspecified atom stereocenters. The highest BCUT2D eigenvalue weighted by molar-refractivity contribution is 4.88. The van der Waals surface area contributed by atoms with Gasteiger partial charge >= 0.3 is 0 Å². The molecule has 82 valence electrons. The molecule has 0 aromatic rings. The second kappa shape index (κ2) is 5.58. The fourth-order valence-corrected chi connectivity index (χ4v) is 2.56. The molecule has 1 aliphatic rings. The van der Waals surface area contributed by atoms with Gasteiger partial charge in [-0.05, 0) is 50.4 Å². The van der Waals surface area contributed by atoms with Gasteiger partial charge in [-0.2, -0.15) is 0 Å². The van der Waals surface area contributed by atoms with E-state index < -0.39 is 0 Å². The molecular formula is C14H26. The Morgan fingerprint density at radius 3 is 2.36 bits per heavy atom. The van der Waals surface area contributed by atoms with Crippen molar-refractivity contribution in [2.45, 2.75) is 59.3 Å². The summed E-state index contributed by atoms with van der Waals surface area (Å²) in [6.07, 6.45) is 8.45. The fourth-order valence-electron chi connectivity index (χ4n) is 2.56. The Morgan fingerprint density at radius 1 is 1.29 bits per heavy atom. The van der Waals surface area contributed by atoms with Crippen molar-refractivity contribution in [1.82, 2.24) is 0 Å². The van der Waals surface area contributed by atoms with Crippen molar-refractivity contribution in [3.63, 3.8) is 0 Å². The molecule has 0 aromatic heterocycles. The lowest BCUT2D eigenvalue weighted by molar-refractivity contribution is 0.215. The summed E-state index contributed by atoms with van der Waals surface area (Å²) in [5.41, 5.74) is 1.35. The second-order valence-electron chi connectivity index (χ2n) is 5.49. The van der Waals surface area contributed by atoms with Crippen LogP contribution < -0.4 is 0 Å². The van der Waals surface area contributed by atoms with Gasteiger partial charge in [0.25, 0.3) is 0 Å². The molecule has 0 aromatic carbocycles. The first kappa shape index (κ1) is 11.8. The van der Waals surface area contributed by atoms with Gasteiger partial charge in [-0.1, -0.05) is 32.3 Å². The first-order chi connectivity index (χ1) is 6.59. The highest BCUT2D eigenvalue weighted by atomic mass is 14.3. The van der Waals surface area contributed by atoms with E-state index in [2.05, 4.69) is 27.4 Å². The summed E-state index contributed by atoms with van der Waals surface area (Å²) in [5.74, 6) is 2.91. The van der Waals surface area contributed by atoms with Gasteiger partial charge in [0.2, 0.25) is 0 Å². The van der Waals surface area contributed by atoms with Crippen LogP contribution in [0.2, 0.25) is 0 Å². The minimum atomic E-state index is 0.916. The Labute approximate surface area is 89.8 Å². The maximum absolute atomic E-state index is 3.98. The maximum atomic E-state index is 3.98. The number of hydrogen-bond donors (Lipinski definition) is 0. The first-order valence-electron chi connectivity index (χ1n) is 6.24. The molecular weight excluding hydrogens is 168 g/mol. The zero-order valence-corrected chi connectivity index (χ0v) is 10.2. The van der Waals surface area contributed by atoms with Crippen molar-refractivity contribution in [3.8, 4) is 0 Å². The van der Waals surface area contributed by atoms with Crippen molar-refractivity contribution in [1.29, 1.82) is 0 Å². The van der Waals surface area contributed by atoms with Crippen LogP contribution in [0.3, 0.4) is 0 Å². The molecule has 0 nitrogen and oxygen atoms in total. The van der Waals surface area contributed by atoms with Gasteiger partial charge in [0.15, 0.2) is 0 Å². The van der Waals surface area contributed by atoms with Gasteiger partial charge in [0.1, 0.15) is 0 Å². The van der Waals surface area contributed by atoms with E-state index in [-0.39, 0.29) is 0 Å². The summed E-state index contributed by atoms with van der Waals surface area (Å²) in [4.78, 5) is 0. The molecule has 0 saturated heterocycles. The van der Waals surface area contributed by atoms with E-state index in [1.54, 1.807) is 0 Å². The van der Waals surface area contributed by atoms with Crippen LogP contribution in [0, 0.1) is 17.8 Å². The van der Waals surface area contributed by atoms with Gasteiger partial charge in [-0.3, -0.25) is 0 Å². The van der Waals surface area contributed by atoms with Crippen molar-refractivity contribution < 1.29 is 0 Å². The number of rotatable bonds is 4. The third-order valence-corrected chi connectivity index (χ3v) is 3.89. The Bertz CT molecular complexity index is 172. The topological polar surface area (TPSA) is 0 Å². The van der Waals surface area contributed by atoms with E-state index in [0.29, 0.717) is 0 Å². The smallest absolute Gasteiger partial charge is 0.0323 e. The average molecular weight is 194 g/mol. The molecule has 14 heavy (non-hydrogen) atoms. The molecule has 0 heterocycles. The fraction of sp³-hybridized carbons (Fsp3) is 0.857. The first-order valence-corrected chi connectivity index (χ1v) is 6.24. The zero-order chi connectivity index (χ0) is 10.6. The normalized spacial score (nSPS) is 29.9. The second-order valence-corrected chi connectivity index (χ2v) is 5.49. The molecule has 0 aliphatic heterocycles. The van der Waals surface area contributed by atoms with Crippen LogP contribution in [0.15, 0.2) is 12.2 Å². The highest BCUT2D eigenvalue weighted by Gasteiger charge is 2.22. The maximum Gasteiger partial charge on any atom is -0.0323 e. The standard InChI is InChI=1S/C14H26/c1-11(2)5-8-13(4)14-9-6-12(3)7-10-14/h12-14H,1,5-10H2,2-4H3. The predicted molar refractivity (Wildman–Crippen MR) is 64.3 cm³/mol.